The molecule has 0 aliphatic rings. The van der Waals surface area contributed by atoms with Gasteiger partial charge in [-0.2, -0.15) is 0 Å². The number of carboxylic acids is 1. The monoisotopic (exact) mass is 1090 g/mol. The predicted molar refractivity (Wildman–Crippen MR) is 286 cm³/mol. The van der Waals surface area contributed by atoms with Gasteiger partial charge in [0.25, 0.3) is 0 Å². The Bertz CT molecular complexity index is 2150. The van der Waals surface area contributed by atoms with E-state index in [1.54, 1.807) is 12.1 Å². The largest absolute Gasteiger partial charge is 0.508 e. The number of carbonyl (C=O) groups excluding carboxylic acids is 8. The van der Waals surface area contributed by atoms with E-state index in [0.29, 0.717) is 31.2 Å². The van der Waals surface area contributed by atoms with Crippen molar-refractivity contribution >= 4 is 71.1 Å². The number of phenolic OH excluding ortho intramolecular Hbond substituents is 1. The molecule has 77 heavy (non-hydrogen) atoms. The minimum Gasteiger partial charge on any atom is -0.508 e. The Hall–Kier alpha value is -8.06. The number of hydrogen-bond acceptors (Lipinski definition) is 16. The van der Waals surface area contributed by atoms with Crippen LogP contribution in [0, 0.1) is 0 Å². The molecule has 0 unspecified atom stereocenters. The van der Waals surface area contributed by atoms with Gasteiger partial charge in [0, 0.05) is 26.1 Å². The molecule has 0 bridgehead atoms. The van der Waals surface area contributed by atoms with E-state index in [9.17, 15) is 53.4 Å². The second-order valence-corrected chi connectivity index (χ2v) is 17.9. The molecule has 432 valence electrons. The van der Waals surface area contributed by atoms with Crippen LogP contribution in [0.2, 0.25) is 0 Å². The van der Waals surface area contributed by atoms with Crippen LogP contribution < -0.4 is 94.6 Å². The Morgan fingerprint density at radius 3 is 1.16 bits per heavy atom. The maximum Gasteiger partial charge on any atom is 0.326 e. The zero-order chi connectivity index (χ0) is 57.9. The van der Waals surface area contributed by atoms with Gasteiger partial charge < -0.3 is 105 Å². The number of benzene rings is 1. The molecule has 1 aromatic rings. The number of guanidine groups is 3. The molecule has 0 saturated carbocycles. The number of aliphatic imine (C=N–C) groups is 3. The first-order valence-electron chi connectivity index (χ1n) is 25.2. The van der Waals surface area contributed by atoms with Gasteiger partial charge >= 0.3 is 5.97 Å². The van der Waals surface area contributed by atoms with E-state index >= 15 is 0 Å². The molecule has 0 fully saturated rings. The lowest BCUT2D eigenvalue weighted by Gasteiger charge is -2.27. The molecular weight excluding hydrogens is 1010 g/mol. The number of rotatable bonds is 40. The Labute approximate surface area is 446 Å². The summed E-state index contributed by atoms with van der Waals surface area (Å²) in [6.07, 6.45) is 0.949. The van der Waals surface area contributed by atoms with Crippen LogP contribution in [0.25, 0.3) is 0 Å². The van der Waals surface area contributed by atoms with Crippen LogP contribution >= 0.6 is 0 Å². The Morgan fingerprint density at radius 2 is 0.818 bits per heavy atom. The van der Waals surface area contributed by atoms with Crippen LogP contribution in [0.1, 0.15) is 95.5 Å². The van der Waals surface area contributed by atoms with Crippen molar-refractivity contribution in [1.29, 1.82) is 0 Å². The molecule has 7 atom stereocenters. The summed E-state index contributed by atoms with van der Waals surface area (Å²) in [4.78, 5) is 132. The van der Waals surface area contributed by atoms with E-state index in [2.05, 4.69) is 52.2 Å². The van der Waals surface area contributed by atoms with Crippen molar-refractivity contribution in [3.63, 3.8) is 0 Å². The molecule has 0 aromatic heterocycles. The van der Waals surface area contributed by atoms with E-state index < -0.39 is 102 Å². The maximum absolute atomic E-state index is 14.3. The van der Waals surface area contributed by atoms with Crippen molar-refractivity contribution in [2.24, 2.45) is 72.3 Å². The third-order valence-electron chi connectivity index (χ3n) is 11.4. The highest BCUT2D eigenvalue weighted by Gasteiger charge is 2.33. The van der Waals surface area contributed by atoms with Gasteiger partial charge in [-0.3, -0.25) is 53.3 Å². The second kappa shape index (κ2) is 37.6. The predicted octanol–water partition coefficient (Wildman–Crippen LogP) is -6.94. The van der Waals surface area contributed by atoms with Crippen LogP contribution in [0.15, 0.2) is 39.2 Å². The van der Waals surface area contributed by atoms with Gasteiger partial charge in [-0.1, -0.05) is 12.1 Å². The number of carbonyl (C=O) groups is 9. The number of carboxylic acid groups (broad SMARTS) is 1. The topological polar surface area (TPSA) is 576 Å². The number of aliphatic carboxylic acids is 1. The zero-order valence-electron chi connectivity index (χ0n) is 43.4. The van der Waals surface area contributed by atoms with Crippen molar-refractivity contribution in [1.82, 2.24) is 37.2 Å². The van der Waals surface area contributed by atoms with Crippen molar-refractivity contribution in [2.45, 2.75) is 139 Å². The number of hydrogen-bond donors (Lipinski definition) is 19. The van der Waals surface area contributed by atoms with Crippen LogP contribution in [0.3, 0.4) is 0 Å². The van der Waals surface area contributed by atoms with Gasteiger partial charge in [0.2, 0.25) is 47.3 Å². The average molecular weight is 1090 g/mol. The summed E-state index contributed by atoms with van der Waals surface area (Å²) in [7, 11) is 0. The number of unbranched alkanes of at least 4 members (excludes halogenated alkanes) is 2. The highest BCUT2D eigenvalue weighted by Crippen LogP contribution is 2.12. The van der Waals surface area contributed by atoms with Gasteiger partial charge in [-0.05, 0) is 121 Å². The minimum atomic E-state index is -1.57. The van der Waals surface area contributed by atoms with Crippen molar-refractivity contribution in [3.05, 3.63) is 29.8 Å². The molecule has 1 rings (SSSR count). The molecule has 0 heterocycles. The molecule has 0 aliphatic heterocycles. The first-order valence-corrected chi connectivity index (χ1v) is 25.2. The molecule has 0 radical (unpaired) electrons. The lowest BCUT2D eigenvalue weighted by Crippen LogP contribution is -2.59. The first-order chi connectivity index (χ1) is 36.5. The summed E-state index contributed by atoms with van der Waals surface area (Å²) in [5.74, 6) is -8.78. The minimum absolute atomic E-state index is 0.00598. The average Bonchev–Trinajstić information content (AvgIpc) is 3.36. The fourth-order valence-corrected chi connectivity index (χ4v) is 7.27. The molecule has 31 nitrogen and oxygen atoms in total. The van der Waals surface area contributed by atoms with Crippen LogP contribution in [-0.2, 0) is 49.6 Å². The van der Waals surface area contributed by atoms with E-state index in [4.69, 9.17) is 57.3 Å². The summed E-state index contributed by atoms with van der Waals surface area (Å²) in [6, 6.07) is -3.41. The van der Waals surface area contributed by atoms with Gasteiger partial charge in [0.15, 0.2) is 17.9 Å². The van der Waals surface area contributed by atoms with Crippen LogP contribution in [0.4, 0.5) is 0 Å². The number of nitrogens with two attached hydrogens (primary N) is 10. The normalized spacial score (nSPS) is 13.5. The highest BCUT2D eigenvalue weighted by atomic mass is 16.4. The molecule has 1 aromatic carbocycles. The molecule has 0 saturated heterocycles. The summed E-state index contributed by atoms with van der Waals surface area (Å²) >= 11 is 0. The smallest absolute Gasteiger partial charge is 0.326 e. The quantitative estimate of drug-likeness (QED) is 0.0165. The van der Waals surface area contributed by atoms with Crippen LogP contribution in [0.5, 0.6) is 5.75 Å². The van der Waals surface area contributed by atoms with E-state index in [1.807, 2.05) is 0 Å². The fourth-order valence-electron chi connectivity index (χ4n) is 7.27. The maximum atomic E-state index is 14.3. The van der Waals surface area contributed by atoms with Gasteiger partial charge in [-0.25, -0.2) is 4.79 Å². The van der Waals surface area contributed by atoms with Crippen molar-refractivity contribution in [2.75, 3.05) is 39.3 Å². The van der Waals surface area contributed by atoms with Crippen molar-refractivity contribution in [3.8, 4) is 5.75 Å². The van der Waals surface area contributed by atoms with E-state index in [0.717, 1.165) is 0 Å². The molecular formula is C46H82N20O11. The molecule has 29 N–H and O–H groups in total. The Balaban J connectivity index is 3.51. The Morgan fingerprint density at radius 1 is 0.468 bits per heavy atom. The third-order valence-corrected chi connectivity index (χ3v) is 11.4. The number of nitrogens with zero attached hydrogens (tertiary/aromatic N) is 3. The fraction of sp³-hybridized carbons (Fsp3) is 0.609. The molecule has 0 aliphatic carbocycles. The number of amides is 8. The van der Waals surface area contributed by atoms with Crippen LogP contribution in [-0.4, -0.2) is 163 Å². The number of nitrogens with one attached hydrogen (secondary N) is 7. The molecule has 8 amide bonds. The summed E-state index contributed by atoms with van der Waals surface area (Å²) in [5.41, 5.74) is 56.2. The molecule has 31 heteroatoms. The zero-order valence-corrected chi connectivity index (χ0v) is 43.4. The summed E-state index contributed by atoms with van der Waals surface area (Å²) in [6.45, 7) is -0.0382. The van der Waals surface area contributed by atoms with Crippen molar-refractivity contribution < 1.29 is 53.4 Å². The number of primary amides is 1. The third kappa shape index (κ3) is 30.2. The first kappa shape index (κ1) is 67.0. The lowest BCUT2D eigenvalue weighted by molar-refractivity contribution is -0.142. The van der Waals surface area contributed by atoms with Gasteiger partial charge in [-0.15, -0.1) is 0 Å². The van der Waals surface area contributed by atoms with Gasteiger partial charge in [0.1, 0.15) is 42.0 Å². The molecule has 0 spiro atoms. The second-order valence-electron chi connectivity index (χ2n) is 17.9. The van der Waals surface area contributed by atoms with E-state index in [-0.39, 0.29) is 127 Å². The van der Waals surface area contributed by atoms with Gasteiger partial charge in [0.05, 0.1) is 12.6 Å². The summed E-state index contributed by atoms with van der Waals surface area (Å²) in [5, 5.41) is 37.2. The Kier molecular flexibility index (Phi) is 32.7. The summed E-state index contributed by atoms with van der Waals surface area (Å²) < 4.78 is 0. The number of aromatic hydroxyl groups is 1. The SMILES string of the molecule is NCCCC[C@H](NC(=O)[C@H](CCCN=C(N)N)NC(=O)CNC(=O)[C@@H](N)Cc1ccc(O)cc1)C(=O)N[C@@H](CCCCN)C(=O)N[C@@H](CCCN=C(N)N)C(=O)N[C@@H](CCCN=C(N)N)C(=O)N[C@@H](CCC(N)=O)C(=O)O. The lowest BCUT2D eigenvalue weighted by atomic mass is 10.0. The van der Waals surface area contributed by atoms with E-state index in [1.165, 1.54) is 12.1 Å². The standard InChI is InChI=1S/C46H82N20O11/c47-19-3-1-8-30(62-38(71)29(10-5-21-57-44(51)52)61-36(69)25-60-37(70)28(49)24-26-13-15-27(67)16-14-26)39(72)63-31(9-2-4-20-48)40(73)64-32(11-6-22-58-45(53)54)41(74)65-33(12-7-23-59-46(55)56)42(75)66-34(43(76)77)17-18-35(50)68/h13-16,28-34,67H,1-12,17-25,47-49H2,(H2,50,68)(H,60,70)(H,61,69)(H,62,71)(H,63,72)(H,64,73)(H,65,74)(H,66,75)(H,76,77)(H4,51,52,57)(H4,53,54,58)(H4,55,56,59)/t28-,29-,30-,31-,32-,33-,34-/m0/s1. The number of phenols is 1. The highest BCUT2D eigenvalue weighted by molar-refractivity contribution is 5.97.